The molecule has 2 unspecified atom stereocenters. The molecule has 0 N–H and O–H groups in total. The van der Waals surface area contributed by atoms with Crippen molar-refractivity contribution < 1.29 is 0 Å². The molecule has 0 heterocycles. The molecule has 2 atom stereocenters. The Balaban J connectivity index is 1.13. The van der Waals surface area contributed by atoms with Crippen molar-refractivity contribution in [3.8, 4) is 33.4 Å². The number of benzene rings is 7. The zero-order valence-corrected chi connectivity index (χ0v) is 25.7. The highest BCUT2D eigenvalue weighted by Crippen LogP contribution is 2.53. The van der Waals surface area contributed by atoms with Crippen molar-refractivity contribution in [2.75, 3.05) is 0 Å². The largest absolute Gasteiger partial charge is 0.0796 e. The van der Waals surface area contributed by atoms with Crippen molar-refractivity contribution in [3.05, 3.63) is 169 Å². The van der Waals surface area contributed by atoms with Gasteiger partial charge in [0.25, 0.3) is 0 Å². The highest BCUT2D eigenvalue weighted by Gasteiger charge is 2.44. The summed E-state index contributed by atoms with van der Waals surface area (Å²) in [6.07, 6.45) is 9.22. The van der Waals surface area contributed by atoms with Crippen LogP contribution in [0.3, 0.4) is 0 Å². The third-order valence-electron chi connectivity index (χ3n) is 10.6. The average molecular weight is 575 g/mol. The van der Waals surface area contributed by atoms with Crippen molar-refractivity contribution >= 4 is 32.3 Å². The first-order valence-corrected chi connectivity index (χ1v) is 16.1. The van der Waals surface area contributed by atoms with Crippen molar-refractivity contribution in [2.24, 2.45) is 5.92 Å². The van der Waals surface area contributed by atoms with Gasteiger partial charge in [0.05, 0.1) is 0 Å². The van der Waals surface area contributed by atoms with E-state index in [0.29, 0.717) is 11.8 Å². The second kappa shape index (κ2) is 9.91. The molecular formula is C45H34. The molecule has 0 saturated carbocycles. The van der Waals surface area contributed by atoms with Gasteiger partial charge >= 0.3 is 0 Å². The lowest BCUT2D eigenvalue weighted by molar-refractivity contribution is 0.394. The maximum Gasteiger partial charge on any atom is 0.00953 e. The molecule has 9 rings (SSSR count). The van der Waals surface area contributed by atoms with Crippen molar-refractivity contribution in [3.63, 3.8) is 0 Å². The summed E-state index contributed by atoms with van der Waals surface area (Å²) in [5.74, 6) is 0.992. The fourth-order valence-electron chi connectivity index (χ4n) is 8.28. The third-order valence-corrected chi connectivity index (χ3v) is 10.6. The van der Waals surface area contributed by atoms with Crippen LogP contribution in [0.5, 0.6) is 0 Å². The van der Waals surface area contributed by atoms with E-state index in [9.17, 15) is 0 Å². The van der Waals surface area contributed by atoms with Gasteiger partial charge in [-0.15, -0.1) is 0 Å². The minimum absolute atomic E-state index is 0.102. The summed E-state index contributed by atoms with van der Waals surface area (Å²) >= 11 is 0. The monoisotopic (exact) mass is 574 g/mol. The van der Waals surface area contributed by atoms with E-state index in [1.807, 2.05) is 0 Å². The van der Waals surface area contributed by atoms with Crippen LogP contribution in [0, 0.1) is 5.92 Å². The Hall–Kier alpha value is -5.20. The minimum atomic E-state index is 0.102. The van der Waals surface area contributed by atoms with Gasteiger partial charge in [0, 0.05) is 5.92 Å². The van der Waals surface area contributed by atoms with Crippen LogP contribution in [0.15, 0.2) is 158 Å². The SMILES string of the molecule is CC1(C)c2cc(-c3cccc4c(-c5ccc(-c6cc7ccccc7c7ccccc67)cc5)cccc34)ccc2C2C=CC=CC21. The molecule has 0 heteroatoms. The van der Waals surface area contributed by atoms with Crippen LogP contribution in [-0.4, -0.2) is 0 Å². The lowest BCUT2D eigenvalue weighted by Gasteiger charge is -2.29. The summed E-state index contributed by atoms with van der Waals surface area (Å²) in [4.78, 5) is 0. The van der Waals surface area contributed by atoms with Crippen molar-refractivity contribution in [1.82, 2.24) is 0 Å². The number of allylic oxidation sites excluding steroid dienone is 4. The van der Waals surface area contributed by atoms with Crippen LogP contribution in [0.1, 0.15) is 30.9 Å². The van der Waals surface area contributed by atoms with Gasteiger partial charge in [0.15, 0.2) is 0 Å². The molecule has 0 aliphatic heterocycles. The smallest absolute Gasteiger partial charge is 0.00953 e. The minimum Gasteiger partial charge on any atom is -0.0796 e. The zero-order valence-electron chi connectivity index (χ0n) is 25.7. The summed E-state index contributed by atoms with van der Waals surface area (Å²) in [6.45, 7) is 4.82. The molecule has 7 aromatic rings. The average Bonchev–Trinajstić information content (AvgIpc) is 3.33. The van der Waals surface area contributed by atoms with E-state index in [0.717, 1.165) is 0 Å². The molecule has 0 nitrogen and oxygen atoms in total. The van der Waals surface area contributed by atoms with E-state index in [-0.39, 0.29) is 5.41 Å². The summed E-state index contributed by atoms with van der Waals surface area (Å²) in [5.41, 5.74) is 10.7. The van der Waals surface area contributed by atoms with Gasteiger partial charge in [0.1, 0.15) is 0 Å². The lowest BCUT2D eigenvalue weighted by atomic mass is 9.74. The lowest BCUT2D eigenvalue weighted by Crippen LogP contribution is -2.24. The van der Waals surface area contributed by atoms with Gasteiger partial charge in [-0.2, -0.15) is 0 Å². The second-order valence-electron chi connectivity index (χ2n) is 13.3. The van der Waals surface area contributed by atoms with E-state index in [1.54, 1.807) is 0 Å². The number of rotatable bonds is 3. The Morgan fingerprint density at radius 1 is 0.444 bits per heavy atom. The highest BCUT2D eigenvalue weighted by molar-refractivity contribution is 6.14. The molecule has 2 aliphatic rings. The Morgan fingerprint density at radius 2 is 1.00 bits per heavy atom. The number of fused-ring (bicyclic) bond motifs is 7. The molecular weight excluding hydrogens is 540 g/mol. The van der Waals surface area contributed by atoms with E-state index < -0.39 is 0 Å². The molecule has 7 aromatic carbocycles. The van der Waals surface area contributed by atoms with Gasteiger partial charge in [0.2, 0.25) is 0 Å². The van der Waals surface area contributed by atoms with Crippen LogP contribution in [0.2, 0.25) is 0 Å². The molecule has 214 valence electrons. The van der Waals surface area contributed by atoms with Crippen LogP contribution in [0.4, 0.5) is 0 Å². The fraction of sp³-hybridized carbons (Fsp3) is 0.111. The summed E-state index contributed by atoms with van der Waals surface area (Å²) in [7, 11) is 0. The molecule has 45 heavy (non-hydrogen) atoms. The molecule has 0 bridgehead atoms. The maximum absolute atomic E-state index is 2.47. The van der Waals surface area contributed by atoms with E-state index in [2.05, 4.69) is 172 Å². The van der Waals surface area contributed by atoms with Crippen LogP contribution in [-0.2, 0) is 5.41 Å². The molecule has 0 amide bonds. The van der Waals surface area contributed by atoms with Gasteiger partial charge in [-0.05, 0) is 94.2 Å². The van der Waals surface area contributed by atoms with Gasteiger partial charge in [-0.3, -0.25) is 0 Å². The standard InChI is InChI=1S/C45H34/c1-45(2)43-20-8-7-15-40(43)41-26-25-32(28-44(41)45)35-17-10-18-37-33(16-9-19-38(35)37)29-21-23-30(24-22-29)42-27-31-11-3-4-12-34(31)36-13-5-6-14-39(36)42/h3-28,40,43H,1-2H3. The quantitative estimate of drug-likeness (QED) is 0.184. The summed E-state index contributed by atoms with van der Waals surface area (Å²) in [6, 6.07) is 49.7. The Morgan fingerprint density at radius 3 is 1.76 bits per heavy atom. The predicted molar refractivity (Wildman–Crippen MR) is 193 cm³/mol. The molecule has 0 fully saturated rings. The normalized spacial score (nSPS) is 18.0. The zero-order chi connectivity index (χ0) is 30.1. The maximum atomic E-state index is 2.47. The predicted octanol–water partition coefficient (Wildman–Crippen LogP) is 12.3. The molecule has 2 aliphatic carbocycles. The molecule has 0 spiro atoms. The highest BCUT2D eigenvalue weighted by atomic mass is 14.5. The van der Waals surface area contributed by atoms with E-state index in [1.165, 1.54) is 76.8 Å². The van der Waals surface area contributed by atoms with Gasteiger partial charge in [-0.25, -0.2) is 0 Å². The Labute approximate surface area is 265 Å². The van der Waals surface area contributed by atoms with Crippen molar-refractivity contribution in [2.45, 2.75) is 25.2 Å². The van der Waals surface area contributed by atoms with Gasteiger partial charge < -0.3 is 0 Å². The molecule has 0 aromatic heterocycles. The third kappa shape index (κ3) is 3.99. The topological polar surface area (TPSA) is 0 Å². The first kappa shape index (κ1) is 26.2. The summed E-state index contributed by atoms with van der Waals surface area (Å²) < 4.78 is 0. The fourth-order valence-corrected chi connectivity index (χ4v) is 8.28. The van der Waals surface area contributed by atoms with E-state index in [4.69, 9.17) is 0 Å². The van der Waals surface area contributed by atoms with Crippen LogP contribution >= 0.6 is 0 Å². The van der Waals surface area contributed by atoms with Crippen LogP contribution in [0.25, 0.3) is 65.7 Å². The second-order valence-corrected chi connectivity index (χ2v) is 13.3. The Kier molecular flexibility index (Phi) is 5.77. The van der Waals surface area contributed by atoms with Gasteiger partial charge in [-0.1, -0.05) is 166 Å². The first-order chi connectivity index (χ1) is 22.1. The first-order valence-electron chi connectivity index (χ1n) is 16.1. The van der Waals surface area contributed by atoms with Crippen molar-refractivity contribution in [1.29, 1.82) is 0 Å². The number of hydrogen-bond acceptors (Lipinski definition) is 0. The summed E-state index contributed by atoms with van der Waals surface area (Å²) in [5, 5.41) is 7.77. The van der Waals surface area contributed by atoms with Crippen LogP contribution < -0.4 is 0 Å². The van der Waals surface area contributed by atoms with E-state index >= 15 is 0 Å². The molecule has 0 radical (unpaired) electrons. The Bertz CT molecular complexity index is 2350. The number of hydrogen-bond donors (Lipinski definition) is 0. The molecule has 0 saturated heterocycles.